The Morgan fingerprint density at radius 3 is 2.60 bits per heavy atom. The zero-order valence-electron chi connectivity index (χ0n) is 15.7. The van der Waals surface area contributed by atoms with E-state index in [1.54, 1.807) is 6.07 Å². The van der Waals surface area contributed by atoms with Gasteiger partial charge in [0.25, 0.3) is 5.56 Å². The molecule has 0 aliphatic carbocycles. The minimum atomic E-state index is -0.485. The highest BCUT2D eigenvalue weighted by Crippen LogP contribution is 2.29. The molecule has 0 saturated heterocycles. The van der Waals surface area contributed by atoms with Crippen molar-refractivity contribution in [2.45, 2.75) is 0 Å². The van der Waals surface area contributed by atoms with Crippen molar-refractivity contribution in [3.8, 4) is 11.4 Å². The van der Waals surface area contributed by atoms with Gasteiger partial charge in [0.1, 0.15) is 9.71 Å². The first kappa shape index (κ1) is 18.6. The summed E-state index contributed by atoms with van der Waals surface area (Å²) in [5.74, 6) is -0.485. The van der Waals surface area contributed by atoms with Gasteiger partial charge in [0, 0.05) is 17.3 Å². The van der Waals surface area contributed by atoms with Crippen LogP contribution >= 0.6 is 22.9 Å². The highest BCUT2D eigenvalue weighted by Gasteiger charge is 2.18. The molecule has 0 radical (unpaired) electrons. The van der Waals surface area contributed by atoms with Crippen molar-refractivity contribution in [3.05, 3.63) is 87.2 Å². The normalized spacial score (nSPS) is 11.3. The van der Waals surface area contributed by atoms with Gasteiger partial charge in [-0.05, 0) is 36.4 Å². The van der Waals surface area contributed by atoms with Crippen LogP contribution in [-0.2, 0) is 4.74 Å². The summed E-state index contributed by atoms with van der Waals surface area (Å²) in [4.78, 5) is 29.9. The van der Waals surface area contributed by atoms with E-state index in [0.29, 0.717) is 20.9 Å². The van der Waals surface area contributed by atoms with Crippen LogP contribution in [0.15, 0.2) is 71.7 Å². The van der Waals surface area contributed by atoms with Crippen molar-refractivity contribution in [2.75, 3.05) is 7.11 Å². The zero-order valence-corrected chi connectivity index (χ0v) is 17.3. The number of esters is 1. The molecule has 3 heterocycles. The van der Waals surface area contributed by atoms with Crippen LogP contribution < -0.4 is 5.56 Å². The van der Waals surface area contributed by atoms with Gasteiger partial charge in [0.05, 0.1) is 23.8 Å². The molecule has 5 rings (SSSR count). The summed E-state index contributed by atoms with van der Waals surface area (Å²) in [7, 11) is 1.31. The first-order valence-corrected chi connectivity index (χ1v) is 10.2. The summed E-state index contributed by atoms with van der Waals surface area (Å²) in [6.45, 7) is 0. The molecule has 0 saturated carbocycles. The Labute approximate surface area is 179 Å². The predicted molar refractivity (Wildman–Crippen MR) is 118 cm³/mol. The number of methoxy groups -OCH3 is 1. The largest absolute Gasteiger partial charge is 0.465 e. The van der Waals surface area contributed by atoms with E-state index >= 15 is 0 Å². The van der Waals surface area contributed by atoms with E-state index in [9.17, 15) is 9.59 Å². The molecule has 148 valence electrons. The molecule has 0 N–H and O–H groups in total. The fourth-order valence-corrected chi connectivity index (χ4v) is 4.63. The number of para-hydroxylation sites is 1. The van der Waals surface area contributed by atoms with Gasteiger partial charge in [-0.25, -0.2) is 9.78 Å². The monoisotopic (exact) mass is 435 g/mol. The fraction of sp³-hybridized carbons (Fsp3) is 0.0455. The molecule has 0 aliphatic rings. The number of halogens is 1. The summed E-state index contributed by atoms with van der Waals surface area (Å²) in [5.41, 5.74) is 2.64. The minimum absolute atomic E-state index is 0.153. The van der Waals surface area contributed by atoms with Gasteiger partial charge in [0.2, 0.25) is 0 Å². The molecule has 0 atom stereocenters. The average molecular weight is 436 g/mol. The number of nitrogens with zero attached hydrogens (tertiary/aromatic N) is 3. The first-order chi connectivity index (χ1) is 14.6. The van der Waals surface area contributed by atoms with Gasteiger partial charge in [-0.2, -0.15) is 0 Å². The highest BCUT2D eigenvalue weighted by atomic mass is 35.5. The molecule has 0 amide bonds. The molecule has 0 aliphatic heterocycles. The van der Waals surface area contributed by atoms with Crippen molar-refractivity contribution in [1.82, 2.24) is 14.1 Å². The van der Waals surface area contributed by atoms with Crippen molar-refractivity contribution in [3.63, 3.8) is 0 Å². The molecule has 0 fully saturated rings. The van der Waals surface area contributed by atoms with E-state index in [1.807, 2.05) is 60.8 Å². The van der Waals surface area contributed by atoms with E-state index in [4.69, 9.17) is 16.3 Å². The lowest BCUT2D eigenvalue weighted by atomic mass is 10.2. The van der Waals surface area contributed by atoms with E-state index in [-0.39, 0.29) is 5.15 Å². The van der Waals surface area contributed by atoms with E-state index in [2.05, 4.69) is 9.55 Å². The lowest BCUT2D eigenvalue weighted by Gasteiger charge is -2.10. The number of rotatable bonds is 3. The van der Waals surface area contributed by atoms with Gasteiger partial charge in [0.15, 0.2) is 5.15 Å². The second kappa shape index (κ2) is 7.12. The number of aromatic nitrogens is 3. The number of hydrogen-bond donors (Lipinski definition) is 0. The zero-order chi connectivity index (χ0) is 20.8. The maximum atomic E-state index is 12.9. The van der Waals surface area contributed by atoms with Crippen molar-refractivity contribution in [1.29, 1.82) is 0 Å². The van der Waals surface area contributed by atoms with Gasteiger partial charge in [-0.15, -0.1) is 11.3 Å². The van der Waals surface area contributed by atoms with Gasteiger partial charge >= 0.3 is 5.97 Å². The van der Waals surface area contributed by atoms with E-state index in [1.165, 1.54) is 11.7 Å². The molecule has 0 bridgehead atoms. The second-order valence-electron chi connectivity index (χ2n) is 6.60. The molecule has 8 heteroatoms. The van der Waals surface area contributed by atoms with Crippen LogP contribution in [0.3, 0.4) is 0 Å². The molecular formula is C22H14ClN3O3S. The van der Waals surface area contributed by atoms with Gasteiger partial charge < -0.3 is 9.30 Å². The molecule has 30 heavy (non-hydrogen) atoms. The van der Waals surface area contributed by atoms with Crippen LogP contribution in [0.4, 0.5) is 0 Å². The van der Waals surface area contributed by atoms with Crippen molar-refractivity contribution < 1.29 is 9.53 Å². The maximum Gasteiger partial charge on any atom is 0.348 e. The molecule has 2 aromatic carbocycles. The third-order valence-electron chi connectivity index (χ3n) is 4.87. The standard InChI is InChI=1S/C22H14ClN3O3S/c1-29-22(28)18-12-17-20(30-18)24-19(23)21(27)26(17)15-8-7-13-9-10-25(16(13)11-15)14-5-3-2-4-6-14/h2-12H,1H3. The second-order valence-corrected chi connectivity index (χ2v) is 7.99. The number of hydrogen-bond acceptors (Lipinski definition) is 5. The van der Waals surface area contributed by atoms with Crippen molar-refractivity contribution >= 4 is 50.2 Å². The number of thiophene rings is 1. The number of carbonyl (C=O) groups excluding carboxylic acids is 1. The number of benzene rings is 2. The van der Waals surface area contributed by atoms with Crippen LogP contribution in [0.2, 0.25) is 5.15 Å². The van der Waals surface area contributed by atoms with Crippen LogP contribution in [0.25, 0.3) is 32.6 Å². The topological polar surface area (TPSA) is 66.1 Å². The Morgan fingerprint density at radius 1 is 1.03 bits per heavy atom. The van der Waals surface area contributed by atoms with Crippen molar-refractivity contribution in [2.24, 2.45) is 0 Å². The highest BCUT2D eigenvalue weighted by molar-refractivity contribution is 7.20. The minimum Gasteiger partial charge on any atom is -0.465 e. The number of carbonyl (C=O) groups is 1. The third-order valence-corrected chi connectivity index (χ3v) is 6.11. The van der Waals surface area contributed by atoms with E-state index in [0.717, 1.165) is 27.9 Å². The summed E-state index contributed by atoms with van der Waals surface area (Å²) in [5, 5.41) is 0.881. The summed E-state index contributed by atoms with van der Waals surface area (Å²) >= 11 is 7.26. The molecule has 0 unspecified atom stereocenters. The Bertz CT molecular complexity index is 1480. The lowest BCUT2D eigenvalue weighted by molar-refractivity contribution is 0.0606. The molecule has 6 nitrogen and oxygen atoms in total. The Balaban J connectivity index is 1.78. The van der Waals surface area contributed by atoms with Crippen LogP contribution in [-0.4, -0.2) is 27.2 Å². The summed E-state index contributed by atoms with van der Waals surface area (Å²) in [6, 6.07) is 19.3. The van der Waals surface area contributed by atoms with Gasteiger partial charge in [-0.3, -0.25) is 9.36 Å². The third kappa shape index (κ3) is 2.91. The Kier molecular flexibility index (Phi) is 4.42. The predicted octanol–water partition coefficient (Wildman–Crippen LogP) is 4.83. The smallest absolute Gasteiger partial charge is 0.348 e. The van der Waals surface area contributed by atoms with Crippen LogP contribution in [0.1, 0.15) is 9.67 Å². The maximum absolute atomic E-state index is 12.9. The average Bonchev–Trinajstić information content (AvgIpc) is 3.38. The van der Waals surface area contributed by atoms with Gasteiger partial charge in [-0.1, -0.05) is 35.9 Å². The molecular weight excluding hydrogens is 422 g/mol. The quantitative estimate of drug-likeness (QED) is 0.381. The first-order valence-electron chi connectivity index (χ1n) is 9.04. The summed E-state index contributed by atoms with van der Waals surface area (Å²) in [6.07, 6.45) is 1.99. The van der Waals surface area contributed by atoms with Crippen LogP contribution in [0.5, 0.6) is 0 Å². The lowest BCUT2D eigenvalue weighted by Crippen LogP contribution is -2.20. The van der Waals surface area contributed by atoms with E-state index < -0.39 is 11.5 Å². The summed E-state index contributed by atoms with van der Waals surface area (Å²) < 4.78 is 8.34. The number of ether oxygens (including phenoxy) is 1. The fourth-order valence-electron chi connectivity index (χ4n) is 3.48. The molecule has 3 aromatic heterocycles. The molecule has 5 aromatic rings. The SMILES string of the molecule is COC(=O)c1cc2c(nc(Cl)c(=O)n2-c2ccc3ccn(-c4ccccc4)c3c2)s1. The van der Waals surface area contributed by atoms with Crippen LogP contribution in [0, 0.1) is 0 Å². The number of fused-ring (bicyclic) bond motifs is 2. The Morgan fingerprint density at radius 2 is 1.83 bits per heavy atom. The Hall–Kier alpha value is -3.42. The molecule has 0 spiro atoms.